The van der Waals surface area contributed by atoms with Crippen LogP contribution in [0.2, 0.25) is 5.02 Å². The van der Waals surface area contributed by atoms with E-state index in [2.05, 4.69) is 22.3 Å². The molecule has 192 valence electrons. The second kappa shape index (κ2) is 12.4. The van der Waals surface area contributed by atoms with Crippen LogP contribution in [0.3, 0.4) is 0 Å². The number of aromatic nitrogens is 1. The molecule has 0 aliphatic rings. The topological polar surface area (TPSA) is 102 Å². The van der Waals surface area contributed by atoms with Crippen molar-refractivity contribution in [1.29, 1.82) is 0 Å². The number of aliphatic carboxylic acids is 1. The first-order chi connectivity index (χ1) is 18.3. The third kappa shape index (κ3) is 6.76. The normalized spacial score (nSPS) is 11.2. The highest BCUT2D eigenvalue weighted by Gasteiger charge is 2.20. The van der Waals surface area contributed by atoms with Gasteiger partial charge in [0.1, 0.15) is 17.5 Å². The molecule has 1 unspecified atom stereocenters. The second-order valence-corrected chi connectivity index (χ2v) is 9.60. The molecule has 4 aromatic rings. The van der Waals surface area contributed by atoms with Crippen LogP contribution in [-0.2, 0) is 9.53 Å². The Morgan fingerprint density at radius 1 is 1.08 bits per heavy atom. The minimum atomic E-state index is -0.881. The number of aryl methyl sites for hydroxylation is 1. The lowest BCUT2D eigenvalue weighted by molar-refractivity contribution is -0.133. The van der Waals surface area contributed by atoms with Crippen LogP contribution in [0.15, 0.2) is 82.2 Å². The minimum absolute atomic E-state index is 0.0349. The summed E-state index contributed by atoms with van der Waals surface area (Å²) in [6.07, 6.45) is -1.22. The first kappa shape index (κ1) is 26.9. The fourth-order valence-electron chi connectivity index (χ4n) is 3.55. The lowest BCUT2D eigenvalue weighted by atomic mass is 10.1. The Morgan fingerprint density at radius 3 is 2.53 bits per heavy atom. The van der Waals surface area contributed by atoms with Crippen LogP contribution in [0.5, 0.6) is 0 Å². The Bertz CT molecular complexity index is 1520. The predicted octanol–water partition coefficient (Wildman–Crippen LogP) is 7.19. The van der Waals surface area contributed by atoms with Crippen LogP contribution in [-0.4, -0.2) is 28.1 Å². The summed E-state index contributed by atoms with van der Waals surface area (Å²) in [6, 6.07) is 21.9. The van der Waals surface area contributed by atoms with Gasteiger partial charge < -0.3 is 14.4 Å². The van der Waals surface area contributed by atoms with Gasteiger partial charge in [0.05, 0.1) is 5.75 Å². The molecule has 1 atom stereocenters. The van der Waals surface area contributed by atoms with Gasteiger partial charge in [-0.3, -0.25) is 10.1 Å². The van der Waals surface area contributed by atoms with E-state index in [1.807, 2.05) is 60.7 Å². The predicted molar refractivity (Wildman–Crippen MR) is 147 cm³/mol. The van der Waals surface area contributed by atoms with Gasteiger partial charge in [-0.2, -0.15) is 0 Å². The van der Waals surface area contributed by atoms with E-state index in [9.17, 15) is 9.59 Å². The van der Waals surface area contributed by atoms with E-state index in [0.29, 0.717) is 33.3 Å². The third-order valence-electron chi connectivity index (χ3n) is 5.44. The molecule has 7 nitrogen and oxygen atoms in total. The van der Waals surface area contributed by atoms with Gasteiger partial charge in [0.15, 0.2) is 5.76 Å². The second-order valence-electron chi connectivity index (χ2n) is 8.17. The number of halogens is 1. The van der Waals surface area contributed by atoms with E-state index in [-0.39, 0.29) is 5.75 Å². The molecule has 0 saturated carbocycles. The van der Waals surface area contributed by atoms with Gasteiger partial charge in [-0.25, -0.2) is 4.79 Å². The number of ether oxygens (including phenoxy) is 1. The highest BCUT2D eigenvalue weighted by Crippen LogP contribution is 2.32. The van der Waals surface area contributed by atoms with Crippen LogP contribution in [0.4, 0.5) is 10.5 Å². The van der Waals surface area contributed by atoms with Crippen molar-refractivity contribution < 1.29 is 24.0 Å². The number of carbonyl (C=O) groups excluding carboxylic acids is 1. The smallest absolute Gasteiger partial charge is 0.412 e. The fourth-order valence-corrected chi connectivity index (χ4v) is 4.57. The SMILES string of the molecule is Cc1noc(-c2ccc(C#Cc3ccccc3SCC(=O)O)cc2)c1NC(=O)OC(C)c1ccccc1Cl. The minimum Gasteiger partial charge on any atom is -0.481 e. The summed E-state index contributed by atoms with van der Waals surface area (Å²) >= 11 is 7.44. The number of carboxylic acids is 1. The number of hydrogen-bond donors (Lipinski definition) is 2. The van der Waals surface area contributed by atoms with Crippen LogP contribution in [0, 0.1) is 18.8 Å². The number of benzene rings is 3. The van der Waals surface area contributed by atoms with Gasteiger partial charge in [0, 0.05) is 32.2 Å². The Kier molecular flexibility index (Phi) is 8.74. The quantitative estimate of drug-likeness (QED) is 0.187. The summed E-state index contributed by atoms with van der Waals surface area (Å²) in [4.78, 5) is 24.3. The van der Waals surface area contributed by atoms with E-state index in [1.165, 1.54) is 11.8 Å². The number of nitrogens with one attached hydrogen (secondary N) is 1. The lowest BCUT2D eigenvalue weighted by Gasteiger charge is -2.15. The monoisotopic (exact) mass is 546 g/mol. The van der Waals surface area contributed by atoms with Crippen LogP contribution >= 0.6 is 23.4 Å². The number of carboxylic acid groups (broad SMARTS) is 1. The standard InChI is InChI=1S/C29H23ClN2O5S/c1-18-27(31-29(35)36-19(2)23-8-4-5-9-24(23)30)28(37-32-18)22-15-12-20(13-16-22)11-14-21-7-3-6-10-25(21)38-17-26(33)34/h3-10,12-13,15-16,19H,17H2,1-2H3,(H,31,35)(H,33,34). The highest BCUT2D eigenvalue weighted by atomic mass is 35.5. The number of carbonyl (C=O) groups is 2. The largest absolute Gasteiger partial charge is 0.481 e. The van der Waals surface area contributed by atoms with Crippen LogP contribution in [0.1, 0.15) is 35.4 Å². The van der Waals surface area contributed by atoms with Crippen molar-refractivity contribution in [2.45, 2.75) is 24.8 Å². The number of anilines is 1. The van der Waals surface area contributed by atoms with E-state index in [1.54, 1.807) is 26.0 Å². The van der Waals surface area contributed by atoms with E-state index >= 15 is 0 Å². The van der Waals surface area contributed by atoms with Crippen molar-refractivity contribution in [3.63, 3.8) is 0 Å². The first-order valence-corrected chi connectivity index (χ1v) is 12.9. The molecule has 2 N–H and O–H groups in total. The molecule has 0 bridgehead atoms. The summed E-state index contributed by atoms with van der Waals surface area (Å²) in [5, 5.41) is 16.2. The maximum Gasteiger partial charge on any atom is 0.412 e. The molecule has 3 aromatic carbocycles. The molecule has 9 heteroatoms. The number of amides is 1. The van der Waals surface area contributed by atoms with Gasteiger partial charge in [-0.15, -0.1) is 11.8 Å². The molecule has 0 saturated heterocycles. The number of nitrogens with zero attached hydrogens (tertiary/aromatic N) is 1. The number of thioether (sulfide) groups is 1. The van der Waals surface area contributed by atoms with Crippen molar-refractivity contribution in [3.05, 3.63) is 100 Å². The molecule has 4 rings (SSSR count). The maximum atomic E-state index is 12.6. The zero-order valence-electron chi connectivity index (χ0n) is 20.5. The van der Waals surface area contributed by atoms with Gasteiger partial charge in [0.25, 0.3) is 0 Å². The van der Waals surface area contributed by atoms with Crippen LogP contribution in [0.25, 0.3) is 11.3 Å². The molecule has 38 heavy (non-hydrogen) atoms. The molecular weight excluding hydrogens is 524 g/mol. The Hall–Kier alpha value is -4.19. The molecule has 0 aliphatic carbocycles. The summed E-state index contributed by atoms with van der Waals surface area (Å²) in [7, 11) is 0. The zero-order valence-corrected chi connectivity index (χ0v) is 22.1. The molecular formula is C29H23ClN2O5S. The van der Waals surface area contributed by atoms with Crippen molar-refractivity contribution in [2.75, 3.05) is 11.1 Å². The van der Waals surface area contributed by atoms with Crippen molar-refractivity contribution in [3.8, 4) is 23.2 Å². The van der Waals surface area contributed by atoms with Crippen LogP contribution < -0.4 is 5.32 Å². The average molecular weight is 547 g/mol. The van der Waals surface area contributed by atoms with E-state index < -0.39 is 18.2 Å². The van der Waals surface area contributed by atoms with Gasteiger partial charge in [0.2, 0.25) is 0 Å². The molecule has 0 aliphatic heterocycles. The third-order valence-corrected chi connectivity index (χ3v) is 6.85. The molecule has 1 heterocycles. The molecule has 1 aromatic heterocycles. The summed E-state index contributed by atoms with van der Waals surface area (Å²) in [5.74, 6) is 5.68. The molecule has 1 amide bonds. The summed E-state index contributed by atoms with van der Waals surface area (Å²) in [5.41, 5.74) is 3.82. The Morgan fingerprint density at radius 2 is 1.79 bits per heavy atom. The number of hydrogen-bond acceptors (Lipinski definition) is 6. The average Bonchev–Trinajstić information content (AvgIpc) is 3.26. The van der Waals surface area contributed by atoms with E-state index in [0.717, 1.165) is 16.0 Å². The van der Waals surface area contributed by atoms with Gasteiger partial charge in [-0.05, 0) is 56.3 Å². The summed E-state index contributed by atoms with van der Waals surface area (Å²) in [6.45, 7) is 3.46. The molecule has 0 spiro atoms. The Labute approximate surface area is 229 Å². The van der Waals surface area contributed by atoms with Crippen molar-refractivity contribution in [1.82, 2.24) is 5.16 Å². The van der Waals surface area contributed by atoms with Crippen molar-refractivity contribution in [2.24, 2.45) is 0 Å². The van der Waals surface area contributed by atoms with Gasteiger partial charge in [-0.1, -0.05) is 58.9 Å². The fraction of sp³-hybridized carbons (Fsp3) is 0.138. The molecule has 0 radical (unpaired) electrons. The highest BCUT2D eigenvalue weighted by molar-refractivity contribution is 8.00. The Balaban J connectivity index is 1.47. The number of rotatable bonds is 7. The lowest BCUT2D eigenvalue weighted by Crippen LogP contribution is -2.17. The van der Waals surface area contributed by atoms with E-state index in [4.69, 9.17) is 26.0 Å². The summed E-state index contributed by atoms with van der Waals surface area (Å²) < 4.78 is 11.0. The van der Waals surface area contributed by atoms with Crippen molar-refractivity contribution >= 4 is 41.1 Å². The van der Waals surface area contributed by atoms with Gasteiger partial charge >= 0.3 is 12.1 Å². The maximum absolute atomic E-state index is 12.6. The molecule has 0 fully saturated rings. The first-order valence-electron chi connectivity index (χ1n) is 11.6. The zero-order chi connectivity index (χ0) is 27.1.